The van der Waals surface area contributed by atoms with Crippen molar-refractivity contribution in [3.63, 3.8) is 0 Å². The quantitative estimate of drug-likeness (QED) is 0.841. The number of anilines is 1. The molecular formula is C10H10N4O4S. The number of hydrogen-bond acceptors (Lipinski definition) is 8. The van der Waals surface area contributed by atoms with Crippen molar-refractivity contribution in [2.45, 2.75) is 13.8 Å². The maximum absolute atomic E-state index is 11.9. The first-order valence-corrected chi connectivity index (χ1v) is 6.13. The normalized spacial score (nSPS) is 10.2. The topological polar surface area (TPSA) is 107 Å². The molecule has 2 rings (SSSR count). The number of aryl methyl sites for hydroxylation is 1. The van der Waals surface area contributed by atoms with Gasteiger partial charge in [-0.05, 0) is 25.4 Å². The highest BCUT2D eigenvalue weighted by Gasteiger charge is 2.21. The number of rotatable bonds is 4. The van der Waals surface area contributed by atoms with Crippen molar-refractivity contribution in [3.8, 4) is 0 Å². The maximum Gasteiger partial charge on any atom is 0.345 e. The zero-order valence-corrected chi connectivity index (χ0v) is 11.0. The first-order valence-electron chi connectivity index (χ1n) is 5.35. The zero-order valence-electron chi connectivity index (χ0n) is 10.2. The van der Waals surface area contributed by atoms with Gasteiger partial charge < -0.3 is 9.26 Å². The van der Waals surface area contributed by atoms with Crippen molar-refractivity contribution in [2.24, 2.45) is 0 Å². The van der Waals surface area contributed by atoms with E-state index in [-0.39, 0.29) is 18.1 Å². The zero-order chi connectivity index (χ0) is 13.8. The average Bonchev–Trinajstić information content (AvgIpc) is 2.98. The maximum atomic E-state index is 11.9. The molecule has 2 aromatic heterocycles. The molecule has 0 unspecified atom stereocenters. The molecule has 0 aliphatic heterocycles. The van der Waals surface area contributed by atoms with E-state index < -0.39 is 11.9 Å². The molecule has 0 bridgehead atoms. The van der Waals surface area contributed by atoms with Gasteiger partial charge in [-0.1, -0.05) is 9.64 Å². The monoisotopic (exact) mass is 282 g/mol. The summed E-state index contributed by atoms with van der Waals surface area (Å²) >= 11 is 0.953. The Labute approximate surface area is 111 Å². The van der Waals surface area contributed by atoms with Gasteiger partial charge in [0, 0.05) is 0 Å². The lowest BCUT2D eigenvalue weighted by Crippen LogP contribution is -2.14. The molecule has 1 amide bonds. The summed E-state index contributed by atoms with van der Waals surface area (Å²) in [5.74, 6) is -1.13. The SMILES string of the molecule is CCOC(=O)c1cnoc1NC(=O)c1snnc1C. The molecule has 19 heavy (non-hydrogen) atoms. The summed E-state index contributed by atoms with van der Waals surface area (Å²) in [7, 11) is 0. The predicted molar refractivity (Wildman–Crippen MR) is 65.1 cm³/mol. The number of amides is 1. The van der Waals surface area contributed by atoms with E-state index >= 15 is 0 Å². The van der Waals surface area contributed by atoms with Crippen LogP contribution in [0, 0.1) is 6.92 Å². The first kappa shape index (κ1) is 13.1. The Kier molecular flexibility index (Phi) is 3.85. The third-order valence-corrected chi connectivity index (χ3v) is 2.98. The van der Waals surface area contributed by atoms with E-state index in [1.54, 1.807) is 13.8 Å². The van der Waals surface area contributed by atoms with E-state index in [0.717, 1.165) is 11.5 Å². The molecule has 8 nitrogen and oxygen atoms in total. The second-order valence-corrected chi connectivity index (χ2v) is 4.18. The van der Waals surface area contributed by atoms with E-state index in [9.17, 15) is 9.59 Å². The minimum atomic E-state index is -0.613. The molecule has 0 atom stereocenters. The van der Waals surface area contributed by atoms with Crippen molar-refractivity contribution >= 4 is 29.3 Å². The van der Waals surface area contributed by atoms with Crippen molar-refractivity contribution in [1.29, 1.82) is 0 Å². The van der Waals surface area contributed by atoms with Crippen LogP contribution in [0.4, 0.5) is 5.88 Å². The molecule has 0 aliphatic rings. The van der Waals surface area contributed by atoms with Gasteiger partial charge in [0.2, 0.25) is 5.88 Å². The third kappa shape index (κ3) is 2.76. The molecule has 0 saturated carbocycles. The molecule has 0 aliphatic carbocycles. The number of carbonyl (C=O) groups excluding carboxylic acids is 2. The van der Waals surface area contributed by atoms with Crippen molar-refractivity contribution < 1.29 is 18.8 Å². The largest absolute Gasteiger partial charge is 0.462 e. The van der Waals surface area contributed by atoms with Crippen LogP contribution in [0.5, 0.6) is 0 Å². The summed E-state index contributed by atoms with van der Waals surface area (Å²) in [6.45, 7) is 3.55. The van der Waals surface area contributed by atoms with Crippen molar-refractivity contribution in [2.75, 3.05) is 11.9 Å². The van der Waals surface area contributed by atoms with Gasteiger partial charge in [-0.15, -0.1) is 5.10 Å². The van der Waals surface area contributed by atoms with Gasteiger partial charge in [0.05, 0.1) is 18.5 Å². The average molecular weight is 282 g/mol. The van der Waals surface area contributed by atoms with Crippen LogP contribution in [0.25, 0.3) is 0 Å². The van der Waals surface area contributed by atoms with Gasteiger partial charge >= 0.3 is 5.97 Å². The van der Waals surface area contributed by atoms with Gasteiger partial charge in [-0.3, -0.25) is 10.1 Å². The molecule has 100 valence electrons. The van der Waals surface area contributed by atoms with Crippen LogP contribution in [0.15, 0.2) is 10.7 Å². The Morgan fingerprint density at radius 2 is 2.32 bits per heavy atom. The van der Waals surface area contributed by atoms with Crippen LogP contribution < -0.4 is 5.32 Å². The lowest BCUT2D eigenvalue weighted by Gasteiger charge is -2.02. The molecule has 0 aromatic carbocycles. The fourth-order valence-corrected chi connectivity index (χ4v) is 1.84. The second-order valence-electron chi connectivity index (χ2n) is 3.43. The summed E-state index contributed by atoms with van der Waals surface area (Å²) in [4.78, 5) is 23.8. The van der Waals surface area contributed by atoms with E-state index in [4.69, 9.17) is 9.26 Å². The fourth-order valence-electron chi connectivity index (χ4n) is 1.28. The number of nitrogens with zero attached hydrogens (tertiary/aromatic N) is 3. The summed E-state index contributed by atoms with van der Waals surface area (Å²) < 4.78 is 13.3. The highest BCUT2D eigenvalue weighted by Crippen LogP contribution is 2.18. The molecular weight excluding hydrogens is 272 g/mol. The van der Waals surface area contributed by atoms with Gasteiger partial charge in [-0.2, -0.15) is 0 Å². The number of nitrogens with one attached hydrogen (secondary N) is 1. The van der Waals surface area contributed by atoms with Gasteiger partial charge in [-0.25, -0.2) is 4.79 Å². The summed E-state index contributed by atoms with van der Waals surface area (Å²) in [6, 6.07) is 0. The standard InChI is InChI=1S/C10H10N4O4S/c1-3-17-10(16)6-4-11-18-9(6)12-8(15)7-5(2)13-14-19-7/h4H,3H2,1-2H3,(H,12,15). The molecule has 2 heterocycles. The smallest absolute Gasteiger partial charge is 0.345 e. The van der Waals surface area contributed by atoms with Gasteiger partial charge in [0.1, 0.15) is 10.4 Å². The highest BCUT2D eigenvalue weighted by molar-refractivity contribution is 7.08. The van der Waals surface area contributed by atoms with Crippen molar-refractivity contribution in [3.05, 3.63) is 22.3 Å². The predicted octanol–water partition coefficient (Wildman–Crippen LogP) is 1.26. The van der Waals surface area contributed by atoms with Gasteiger partial charge in [0.25, 0.3) is 5.91 Å². The van der Waals surface area contributed by atoms with Crippen LogP contribution in [0.2, 0.25) is 0 Å². The summed E-state index contributed by atoms with van der Waals surface area (Å²) in [6.07, 6.45) is 1.19. The fraction of sp³-hybridized carbons (Fsp3) is 0.300. The number of carbonyl (C=O) groups is 2. The molecule has 1 N–H and O–H groups in total. The summed E-state index contributed by atoms with van der Waals surface area (Å²) in [5.41, 5.74) is 0.560. The lowest BCUT2D eigenvalue weighted by atomic mass is 10.3. The van der Waals surface area contributed by atoms with Crippen LogP contribution in [-0.4, -0.2) is 33.2 Å². The number of esters is 1. The highest BCUT2D eigenvalue weighted by atomic mass is 32.1. The van der Waals surface area contributed by atoms with Gasteiger partial charge in [0.15, 0.2) is 0 Å². The molecule has 0 spiro atoms. The Morgan fingerprint density at radius 3 is 2.95 bits per heavy atom. The Hall–Kier alpha value is -2.29. The van der Waals surface area contributed by atoms with E-state index in [1.807, 2.05) is 0 Å². The van der Waals surface area contributed by atoms with Crippen LogP contribution in [0.1, 0.15) is 32.6 Å². The third-order valence-electron chi connectivity index (χ3n) is 2.15. The Morgan fingerprint density at radius 1 is 1.53 bits per heavy atom. The number of hydrogen-bond donors (Lipinski definition) is 1. The molecule has 2 aromatic rings. The van der Waals surface area contributed by atoms with E-state index in [2.05, 4.69) is 20.1 Å². The van der Waals surface area contributed by atoms with Crippen LogP contribution in [-0.2, 0) is 4.74 Å². The molecule has 0 saturated heterocycles. The number of aromatic nitrogens is 3. The molecule has 0 fully saturated rings. The Bertz CT molecular complexity index is 606. The van der Waals surface area contributed by atoms with Crippen LogP contribution in [0.3, 0.4) is 0 Å². The minimum Gasteiger partial charge on any atom is -0.462 e. The van der Waals surface area contributed by atoms with E-state index in [0.29, 0.717) is 10.6 Å². The molecule has 9 heteroatoms. The van der Waals surface area contributed by atoms with Crippen molar-refractivity contribution in [1.82, 2.24) is 14.7 Å². The Balaban J connectivity index is 2.16. The first-order chi connectivity index (χ1) is 9.13. The summed E-state index contributed by atoms with van der Waals surface area (Å²) in [5, 5.41) is 9.62. The van der Waals surface area contributed by atoms with E-state index in [1.165, 1.54) is 6.20 Å². The number of ether oxygens (including phenoxy) is 1. The second kappa shape index (κ2) is 5.57. The molecule has 0 radical (unpaired) electrons. The minimum absolute atomic E-state index is 0.0590. The lowest BCUT2D eigenvalue weighted by molar-refractivity contribution is 0.0527. The van der Waals surface area contributed by atoms with Crippen LogP contribution >= 0.6 is 11.5 Å².